The summed E-state index contributed by atoms with van der Waals surface area (Å²) in [5, 5.41) is 3.30. The highest BCUT2D eigenvalue weighted by Crippen LogP contribution is 2.31. The van der Waals surface area contributed by atoms with Crippen LogP contribution in [-0.4, -0.2) is 41.0 Å². The van der Waals surface area contributed by atoms with E-state index in [9.17, 15) is 18.0 Å². The van der Waals surface area contributed by atoms with Crippen molar-refractivity contribution in [2.24, 2.45) is 0 Å². The van der Waals surface area contributed by atoms with Crippen molar-refractivity contribution >= 4 is 18.3 Å². The lowest BCUT2D eigenvalue weighted by atomic mass is 10.1. The molecule has 2 aliphatic heterocycles. The summed E-state index contributed by atoms with van der Waals surface area (Å²) >= 11 is 0. The molecule has 2 saturated heterocycles. The zero-order valence-electron chi connectivity index (χ0n) is 12.7. The minimum Gasteiger partial charge on any atom is -0.331 e. The number of hydrogen-bond acceptors (Lipinski definition) is 3. The van der Waals surface area contributed by atoms with Gasteiger partial charge in [-0.3, -0.25) is 4.79 Å². The normalized spacial score (nSPS) is 24.1. The van der Waals surface area contributed by atoms with Crippen LogP contribution in [0.4, 0.5) is 13.2 Å². The molecule has 0 radical (unpaired) electrons. The van der Waals surface area contributed by atoms with E-state index in [-0.39, 0.29) is 41.7 Å². The average molecular weight is 350 g/mol. The van der Waals surface area contributed by atoms with Crippen LogP contribution in [0.3, 0.4) is 0 Å². The summed E-state index contributed by atoms with van der Waals surface area (Å²) in [5.41, 5.74) is -0.551. The second kappa shape index (κ2) is 6.65. The second-order valence-corrected chi connectivity index (χ2v) is 5.92. The Hall–Kier alpha value is -1.34. The van der Waals surface area contributed by atoms with Gasteiger partial charge in [-0.25, -0.2) is 4.98 Å². The van der Waals surface area contributed by atoms with Crippen molar-refractivity contribution in [3.05, 3.63) is 29.1 Å². The molecule has 128 valence electrons. The van der Waals surface area contributed by atoms with Crippen molar-refractivity contribution in [3.63, 3.8) is 0 Å². The molecule has 3 rings (SSSR count). The van der Waals surface area contributed by atoms with E-state index in [0.29, 0.717) is 0 Å². The highest BCUT2D eigenvalue weighted by atomic mass is 35.5. The van der Waals surface area contributed by atoms with Gasteiger partial charge in [-0.15, -0.1) is 12.4 Å². The number of alkyl halides is 3. The topological polar surface area (TPSA) is 45.2 Å². The Morgan fingerprint density at radius 2 is 1.96 bits per heavy atom. The molecular formula is C15H19ClF3N3O. The summed E-state index contributed by atoms with van der Waals surface area (Å²) in [6, 6.07) is 2.44. The van der Waals surface area contributed by atoms with E-state index in [0.717, 1.165) is 38.4 Å². The number of pyridine rings is 1. The van der Waals surface area contributed by atoms with E-state index in [1.165, 1.54) is 13.0 Å². The van der Waals surface area contributed by atoms with Crippen LogP contribution in [0.5, 0.6) is 0 Å². The van der Waals surface area contributed by atoms with E-state index < -0.39 is 11.9 Å². The molecule has 2 fully saturated rings. The fourth-order valence-electron chi connectivity index (χ4n) is 3.40. The van der Waals surface area contributed by atoms with Gasteiger partial charge in [-0.2, -0.15) is 13.2 Å². The number of rotatable bonds is 1. The van der Waals surface area contributed by atoms with Crippen molar-refractivity contribution in [2.75, 3.05) is 13.1 Å². The number of amides is 1. The van der Waals surface area contributed by atoms with Crippen LogP contribution in [0.1, 0.15) is 41.0 Å². The quantitative estimate of drug-likeness (QED) is 0.848. The predicted octanol–water partition coefficient (Wildman–Crippen LogP) is 2.80. The van der Waals surface area contributed by atoms with Crippen molar-refractivity contribution in [2.45, 2.75) is 44.4 Å². The fraction of sp³-hybridized carbons (Fsp3) is 0.600. The molecule has 2 atom stereocenters. The van der Waals surface area contributed by atoms with Crippen molar-refractivity contribution < 1.29 is 18.0 Å². The standard InChI is InChI=1S/C15H18F3N3O.ClH/c1-9-12(4-5-13(20-9)15(16,17)18)14(22)21-10-2-3-11(21)8-19-7-6-10;/h4-5,10-11,19H,2-3,6-8H2,1H3;1H. The van der Waals surface area contributed by atoms with Gasteiger partial charge in [0.1, 0.15) is 5.69 Å². The number of halogens is 4. The maximum Gasteiger partial charge on any atom is 0.433 e. The molecule has 2 bridgehead atoms. The molecule has 0 spiro atoms. The number of aryl methyl sites for hydroxylation is 1. The summed E-state index contributed by atoms with van der Waals surface area (Å²) in [6.45, 7) is 3.07. The maximum atomic E-state index is 12.8. The van der Waals surface area contributed by atoms with Gasteiger partial charge < -0.3 is 10.2 Å². The molecule has 0 saturated carbocycles. The lowest BCUT2D eigenvalue weighted by Gasteiger charge is -2.28. The fourth-order valence-corrected chi connectivity index (χ4v) is 3.40. The third kappa shape index (κ3) is 3.45. The van der Waals surface area contributed by atoms with Crippen LogP contribution in [0.2, 0.25) is 0 Å². The number of nitrogens with zero attached hydrogens (tertiary/aromatic N) is 2. The average Bonchev–Trinajstić information content (AvgIpc) is 2.70. The summed E-state index contributed by atoms with van der Waals surface area (Å²) < 4.78 is 38.0. The minimum atomic E-state index is -4.49. The largest absolute Gasteiger partial charge is 0.433 e. The zero-order valence-corrected chi connectivity index (χ0v) is 13.5. The number of fused-ring (bicyclic) bond motifs is 2. The number of hydrogen-bond donors (Lipinski definition) is 1. The molecule has 0 aromatic carbocycles. The third-order valence-corrected chi connectivity index (χ3v) is 4.50. The van der Waals surface area contributed by atoms with Gasteiger partial charge in [-0.05, 0) is 44.9 Å². The Morgan fingerprint density at radius 3 is 2.61 bits per heavy atom. The summed E-state index contributed by atoms with van der Waals surface area (Å²) in [4.78, 5) is 18.2. The van der Waals surface area contributed by atoms with Crippen molar-refractivity contribution in [1.29, 1.82) is 0 Å². The van der Waals surface area contributed by atoms with Crippen molar-refractivity contribution in [1.82, 2.24) is 15.2 Å². The lowest BCUT2D eigenvalue weighted by Crippen LogP contribution is -2.42. The van der Waals surface area contributed by atoms with Crippen LogP contribution in [0, 0.1) is 6.92 Å². The molecule has 4 nitrogen and oxygen atoms in total. The molecule has 3 heterocycles. The number of nitrogens with one attached hydrogen (secondary N) is 1. The SMILES string of the molecule is Cc1nc(C(F)(F)F)ccc1C(=O)N1C2CCNCC1CC2.Cl. The Balaban J connectivity index is 0.00000192. The van der Waals surface area contributed by atoms with Crippen LogP contribution in [0.15, 0.2) is 12.1 Å². The van der Waals surface area contributed by atoms with Gasteiger partial charge in [0.2, 0.25) is 0 Å². The van der Waals surface area contributed by atoms with Gasteiger partial charge in [0.15, 0.2) is 0 Å². The number of aromatic nitrogens is 1. The van der Waals surface area contributed by atoms with E-state index in [1.54, 1.807) is 0 Å². The van der Waals surface area contributed by atoms with Crippen LogP contribution in [0.25, 0.3) is 0 Å². The zero-order chi connectivity index (χ0) is 15.9. The molecule has 1 aromatic heterocycles. The van der Waals surface area contributed by atoms with Gasteiger partial charge in [0, 0.05) is 18.6 Å². The summed E-state index contributed by atoms with van der Waals surface area (Å²) in [5.74, 6) is -0.199. The Bertz CT molecular complexity index is 580. The Kier molecular flexibility index (Phi) is 5.20. The van der Waals surface area contributed by atoms with E-state index in [4.69, 9.17) is 0 Å². The monoisotopic (exact) mass is 349 g/mol. The summed E-state index contributed by atoms with van der Waals surface area (Å²) in [7, 11) is 0. The molecule has 23 heavy (non-hydrogen) atoms. The smallest absolute Gasteiger partial charge is 0.331 e. The molecule has 8 heteroatoms. The first-order chi connectivity index (χ1) is 10.4. The predicted molar refractivity (Wildman–Crippen MR) is 81.7 cm³/mol. The van der Waals surface area contributed by atoms with Gasteiger partial charge in [-0.1, -0.05) is 0 Å². The molecule has 2 unspecified atom stereocenters. The van der Waals surface area contributed by atoms with E-state index in [1.807, 2.05) is 4.90 Å². The minimum absolute atomic E-state index is 0. The number of carbonyl (C=O) groups excluding carboxylic acids is 1. The first kappa shape index (κ1) is 18.0. The van der Waals surface area contributed by atoms with E-state index in [2.05, 4.69) is 10.3 Å². The maximum absolute atomic E-state index is 12.8. The molecule has 1 aromatic rings. The van der Waals surface area contributed by atoms with Gasteiger partial charge in [0.25, 0.3) is 5.91 Å². The Morgan fingerprint density at radius 1 is 1.26 bits per heavy atom. The van der Waals surface area contributed by atoms with Crippen molar-refractivity contribution in [3.8, 4) is 0 Å². The van der Waals surface area contributed by atoms with Crippen LogP contribution < -0.4 is 5.32 Å². The molecule has 1 N–H and O–H groups in total. The molecule has 0 aliphatic carbocycles. The second-order valence-electron chi connectivity index (χ2n) is 5.92. The van der Waals surface area contributed by atoms with E-state index >= 15 is 0 Å². The highest BCUT2D eigenvalue weighted by molar-refractivity contribution is 5.96. The lowest BCUT2D eigenvalue weighted by molar-refractivity contribution is -0.141. The third-order valence-electron chi connectivity index (χ3n) is 4.50. The first-order valence-corrected chi connectivity index (χ1v) is 7.46. The summed E-state index contributed by atoms with van der Waals surface area (Å²) in [6.07, 6.45) is -1.70. The van der Waals surface area contributed by atoms with Gasteiger partial charge in [0.05, 0.1) is 11.3 Å². The van der Waals surface area contributed by atoms with Gasteiger partial charge >= 0.3 is 6.18 Å². The Labute approximate surface area is 138 Å². The molecule has 1 amide bonds. The first-order valence-electron chi connectivity index (χ1n) is 7.46. The number of carbonyl (C=O) groups is 1. The molecular weight excluding hydrogens is 331 g/mol. The van der Waals surface area contributed by atoms with Crippen LogP contribution >= 0.6 is 12.4 Å². The van der Waals surface area contributed by atoms with Crippen LogP contribution in [-0.2, 0) is 6.18 Å². The highest BCUT2D eigenvalue weighted by Gasteiger charge is 2.39. The molecule has 2 aliphatic rings.